The summed E-state index contributed by atoms with van der Waals surface area (Å²) in [4.78, 5) is 13.9. The maximum absolute atomic E-state index is 13.2. The van der Waals surface area contributed by atoms with E-state index in [0.717, 1.165) is 12.8 Å². The molecule has 2 heterocycles. The Hall–Kier alpha value is -1.77. The van der Waals surface area contributed by atoms with Crippen molar-refractivity contribution >= 4 is 5.91 Å². The average Bonchev–Trinajstić information content (AvgIpc) is 2.83. The smallest absolute Gasteiger partial charge is 0.337 e. The summed E-state index contributed by atoms with van der Waals surface area (Å²) in [7, 11) is 0. The Bertz CT molecular complexity index is 670. The Kier molecular flexibility index (Phi) is 4.47. The molecule has 3 nitrogen and oxygen atoms in total. The minimum absolute atomic E-state index is 0.00938. The molecule has 1 aromatic carbocycles. The zero-order valence-electron chi connectivity index (χ0n) is 13.0. The van der Waals surface area contributed by atoms with Gasteiger partial charge in [0.1, 0.15) is 0 Å². The fraction of sp³-hybridized carbons (Fsp3) is 0.562. The fourth-order valence-corrected chi connectivity index (χ4v) is 3.44. The standard InChI is InChI=1S/C16H16F6N2O/c17-15(18,19)9-1-4-12(13(7-9)16(20,21)22)14(25)24-6-5-10-2-3-11(8-24)23-10/h1,4,7,10-11,23H,2-3,5-6,8H2/t10-,11+/m1/s1. The van der Waals surface area contributed by atoms with Crippen molar-refractivity contribution in [1.29, 1.82) is 0 Å². The molecule has 2 fully saturated rings. The third-order valence-corrected chi connectivity index (χ3v) is 4.69. The quantitative estimate of drug-likeness (QED) is 0.769. The predicted molar refractivity (Wildman–Crippen MR) is 76.9 cm³/mol. The largest absolute Gasteiger partial charge is 0.417 e. The molecule has 2 atom stereocenters. The van der Waals surface area contributed by atoms with Gasteiger partial charge in [0.2, 0.25) is 0 Å². The third kappa shape index (κ3) is 3.75. The Morgan fingerprint density at radius 2 is 1.68 bits per heavy atom. The molecule has 1 N–H and O–H groups in total. The molecule has 2 saturated heterocycles. The third-order valence-electron chi connectivity index (χ3n) is 4.69. The van der Waals surface area contributed by atoms with Crippen LogP contribution < -0.4 is 5.32 Å². The van der Waals surface area contributed by atoms with Crippen molar-refractivity contribution in [3.63, 3.8) is 0 Å². The first-order chi connectivity index (χ1) is 11.6. The molecule has 0 spiro atoms. The average molecular weight is 366 g/mol. The Labute approximate surface area is 140 Å². The molecule has 9 heteroatoms. The van der Waals surface area contributed by atoms with Crippen LogP contribution in [-0.4, -0.2) is 36.0 Å². The molecule has 2 aliphatic rings. The van der Waals surface area contributed by atoms with E-state index in [-0.39, 0.29) is 31.2 Å². The van der Waals surface area contributed by atoms with Crippen molar-refractivity contribution in [1.82, 2.24) is 10.2 Å². The molecule has 1 amide bonds. The molecule has 0 aliphatic carbocycles. The number of hydrogen-bond donors (Lipinski definition) is 1. The molecule has 3 rings (SSSR count). The van der Waals surface area contributed by atoms with E-state index in [1.165, 1.54) is 4.90 Å². The van der Waals surface area contributed by atoms with E-state index in [4.69, 9.17) is 0 Å². The van der Waals surface area contributed by atoms with Crippen molar-refractivity contribution < 1.29 is 31.1 Å². The van der Waals surface area contributed by atoms with Gasteiger partial charge >= 0.3 is 12.4 Å². The zero-order valence-corrected chi connectivity index (χ0v) is 13.0. The highest BCUT2D eigenvalue weighted by Crippen LogP contribution is 2.38. The lowest BCUT2D eigenvalue weighted by Crippen LogP contribution is -2.39. The van der Waals surface area contributed by atoms with E-state index in [9.17, 15) is 31.1 Å². The van der Waals surface area contributed by atoms with E-state index in [0.29, 0.717) is 18.6 Å². The molecule has 0 unspecified atom stereocenters. The summed E-state index contributed by atoms with van der Waals surface area (Å²) < 4.78 is 77.9. The van der Waals surface area contributed by atoms with Gasteiger partial charge in [-0.15, -0.1) is 0 Å². The van der Waals surface area contributed by atoms with E-state index in [1.54, 1.807) is 0 Å². The second-order valence-electron chi connectivity index (χ2n) is 6.43. The van der Waals surface area contributed by atoms with Crippen LogP contribution >= 0.6 is 0 Å². The summed E-state index contributed by atoms with van der Waals surface area (Å²) in [6.07, 6.45) is -7.55. The van der Waals surface area contributed by atoms with Gasteiger partial charge in [-0.3, -0.25) is 4.79 Å². The van der Waals surface area contributed by atoms with Gasteiger partial charge in [-0.2, -0.15) is 26.3 Å². The van der Waals surface area contributed by atoms with Crippen LogP contribution in [0.15, 0.2) is 18.2 Å². The maximum Gasteiger partial charge on any atom is 0.417 e. The van der Waals surface area contributed by atoms with Gasteiger partial charge in [-0.05, 0) is 37.5 Å². The van der Waals surface area contributed by atoms with Crippen LogP contribution in [0.1, 0.15) is 40.7 Å². The summed E-state index contributed by atoms with van der Waals surface area (Å²) in [5.74, 6) is -0.879. The molecule has 1 aromatic rings. The fourth-order valence-electron chi connectivity index (χ4n) is 3.44. The van der Waals surface area contributed by atoms with Crippen LogP contribution in [0.3, 0.4) is 0 Å². The molecule has 0 aromatic heterocycles. The Morgan fingerprint density at radius 1 is 1.00 bits per heavy atom. The molecule has 138 valence electrons. The number of fused-ring (bicyclic) bond motifs is 2. The highest BCUT2D eigenvalue weighted by atomic mass is 19.4. The highest BCUT2D eigenvalue weighted by molar-refractivity contribution is 5.96. The second kappa shape index (κ2) is 6.19. The summed E-state index contributed by atoms with van der Waals surface area (Å²) in [6.45, 7) is 0.541. The topological polar surface area (TPSA) is 32.3 Å². The van der Waals surface area contributed by atoms with Gasteiger partial charge in [0.15, 0.2) is 0 Å². The van der Waals surface area contributed by atoms with Crippen molar-refractivity contribution in [2.45, 2.75) is 43.7 Å². The summed E-state index contributed by atoms with van der Waals surface area (Å²) in [5.41, 5.74) is -3.71. The number of alkyl halides is 6. The highest BCUT2D eigenvalue weighted by Gasteiger charge is 2.41. The predicted octanol–water partition coefficient (Wildman–Crippen LogP) is 3.69. The minimum atomic E-state index is -5.05. The first-order valence-corrected chi connectivity index (χ1v) is 7.89. The number of hydrogen-bond acceptors (Lipinski definition) is 2. The van der Waals surface area contributed by atoms with Crippen LogP contribution in [-0.2, 0) is 12.4 Å². The number of likely N-dealkylation sites (tertiary alicyclic amines) is 1. The number of amides is 1. The van der Waals surface area contributed by atoms with E-state index >= 15 is 0 Å². The van der Waals surface area contributed by atoms with Crippen molar-refractivity contribution in [2.24, 2.45) is 0 Å². The molecule has 0 saturated carbocycles. The van der Waals surface area contributed by atoms with Gasteiger partial charge in [-0.25, -0.2) is 0 Å². The van der Waals surface area contributed by atoms with Crippen molar-refractivity contribution in [3.8, 4) is 0 Å². The SMILES string of the molecule is O=C(c1ccc(C(F)(F)F)cc1C(F)(F)F)N1CC[C@H]2CC[C@@H](C1)N2. The van der Waals surface area contributed by atoms with Crippen LogP contribution in [0.5, 0.6) is 0 Å². The van der Waals surface area contributed by atoms with Crippen molar-refractivity contribution in [3.05, 3.63) is 34.9 Å². The minimum Gasteiger partial charge on any atom is -0.337 e. The number of carbonyl (C=O) groups is 1. The van der Waals surface area contributed by atoms with Crippen LogP contribution in [0.25, 0.3) is 0 Å². The lowest BCUT2D eigenvalue weighted by atomic mass is 10.0. The van der Waals surface area contributed by atoms with Gasteiger partial charge in [0.25, 0.3) is 5.91 Å². The van der Waals surface area contributed by atoms with Gasteiger partial charge in [0, 0.05) is 25.2 Å². The van der Waals surface area contributed by atoms with E-state index < -0.39 is 35.0 Å². The first-order valence-electron chi connectivity index (χ1n) is 7.89. The molecule has 2 bridgehead atoms. The molecule has 25 heavy (non-hydrogen) atoms. The van der Waals surface area contributed by atoms with E-state index in [2.05, 4.69) is 5.32 Å². The molecular formula is C16H16F6N2O. The summed E-state index contributed by atoms with van der Waals surface area (Å²) in [5, 5.41) is 3.30. The Balaban J connectivity index is 1.94. The van der Waals surface area contributed by atoms with Crippen LogP contribution in [0.2, 0.25) is 0 Å². The number of carbonyl (C=O) groups excluding carboxylic acids is 1. The maximum atomic E-state index is 13.2. The lowest BCUT2D eigenvalue weighted by Gasteiger charge is -2.26. The first kappa shape index (κ1) is 18.0. The number of halogens is 6. The van der Waals surface area contributed by atoms with Gasteiger partial charge in [0.05, 0.1) is 16.7 Å². The van der Waals surface area contributed by atoms with E-state index in [1.807, 2.05) is 0 Å². The zero-order chi connectivity index (χ0) is 18.4. The number of nitrogens with one attached hydrogen (secondary N) is 1. The van der Waals surface area contributed by atoms with Crippen LogP contribution in [0, 0.1) is 0 Å². The van der Waals surface area contributed by atoms with Crippen LogP contribution in [0.4, 0.5) is 26.3 Å². The normalized spacial score (nSPS) is 24.3. The monoisotopic (exact) mass is 366 g/mol. The Morgan fingerprint density at radius 3 is 2.32 bits per heavy atom. The molecule has 0 radical (unpaired) electrons. The summed E-state index contributed by atoms with van der Waals surface area (Å²) >= 11 is 0. The summed E-state index contributed by atoms with van der Waals surface area (Å²) in [6, 6.07) is 1.41. The lowest BCUT2D eigenvalue weighted by molar-refractivity contribution is -0.143. The van der Waals surface area contributed by atoms with Gasteiger partial charge < -0.3 is 10.2 Å². The molecular weight excluding hydrogens is 350 g/mol. The molecule has 2 aliphatic heterocycles. The van der Waals surface area contributed by atoms with Gasteiger partial charge in [-0.1, -0.05) is 0 Å². The number of nitrogens with zero attached hydrogens (tertiary/aromatic N) is 1. The van der Waals surface area contributed by atoms with Crippen molar-refractivity contribution in [2.75, 3.05) is 13.1 Å². The number of rotatable bonds is 1. The number of benzene rings is 1. The second-order valence-corrected chi connectivity index (χ2v) is 6.43.